The van der Waals surface area contributed by atoms with Crippen molar-refractivity contribution >= 4 is 33.1 Å². The van der Waals surface area contributed by atoms with Crippen LogP contribution in [0.25, 0.3) is 10.8 Å². The number of nitrogens with one attached hydrogen (secondary N) is 1. The smallest absolute Gasteiger partial charge is 0.260 e. The van der Waals surface area contributed by atoms with Crippen molar-refractivity contribution in [3.8, 4) is 5.75 Å². The highest BCUT2D eigenvalue weighted by Crippen LogP contribution is 2.21. The fourth-order valence-corrected chi connectivity index (χ4v) is 2.99. The van der Waals surface area contributed by atoms with E-state index in [0.717, 1.165) is 16.5 Å². The van der Waals surface area contributed by atoms with Crippen LogP contribution >= 0.6 is 11.3 Å². The molecule has 0 aliphatic carbocycles. The van der Waals surface area contributed by atoms with E-state index in [4.69, 9.17) is 10.5 Å². The Morgan fingerprint density at radius 2 is 2.08 bits per heavy atom. The largest absolute Gasteiger partial charge is 0.481 e. The maximum Gasteiger partial charge on any atom is 0.260 e. The highest BCUT2D eigenvalue weighted by molar-refractivity contribution is 7.13. The summed E-state index contributed by atoms with van der Waals surface area (Å²) in [5.41, 5.74) is 6.47. The van der Waals surface area contributed by atoms with Crippen molar-refractivity contribution in [1.82, 2.24) is 10.3 Å². The van der Waals surface area contributed by atoms with Crippen LogP contribution in [0.3, 0.4) is 0 Å². The minimum Gasteiger partial charge on any atom is -0.481 e. The molecule has 6 heteroatoms. The van der Waals surface area contributed by atoms with Crippen molar-refractivity contribution in [3.05, 3.63) is 53.5 Å². The van der Waals surface area contributed by atoms with Crippen molar-refractivity contribution in [1.29, 1.82) is 0 Å². The molecule has 1 atom stereocenters. The lowest BCUT2D eigenvalue weighted by molar-refractivity contribution is -0.127. The molecule has 0 radical (unpaired) electrons. The topological polar surface area (TPSA) is 77.2 Å². The average molecular weight is 341 g/mol. The summed E-state index contributed by atoms with van der Waals surface area (Å²) in [7, 11) is 0. The van der Waals surface area contributed by atoms with E-state index in [2.05, 4.69) is 10.3 Å². The summed E-state index contributed by atoms with van der Waals surface area (Å²) < 4.78 is 5.75. The predicted molar refractivity (Wildman–Crippen MR) is 97.3 cm³/mol. The molecule has 24 heavy (non-hydrogen) atoms. The number of ether oxygens (including phenoxy) is 1. The minimum absolute atomic E-state index is 0.147. The molecule has 0 spiro atoms. The molecule has 0 aliphatic rings. The molecule has 1 heterocycles. The van der Waals surface area contributed by atoms with Crippen molar-refractivity contribution < 1.29 is 9.53 Å². The summed E-state index contributed by atoms with van der Waals surface area (Å²) in [6.07, 6.45) is 0.0916. The molecular weight excluding hydrogens is 322 g/mol. The van der Waals surface area contributed by atoms with Crippen LogP contribution < -0.4 is 15.8 Å². The normalized spacial score (nSPS) is 12.0. The van der Waals surface area contributed by atoms with Gasteiger partial charge in [0.1, 0.15) is 5.75 Å². The number of benzene rings is 2. The number of nitrogen functional groups attached to an aromatic ring is 1. The predicted octanol–water partition coefficient (Wildman–Crippen LogP) is 3.00. The highest BCUT2D eigenvalue weighted by Gasteiger charge is 2.14. The van der Waals surface area contributed by atoms with Gasteiger partial charge in [-0.15, -0.1) is 11.3 Å². The number of thiazole rings is 1. The van der Waals surface area contributed by atoms with Gasteiger partial charge in [0.05, 0.1) is 5.69 Å². The van der Waals surface area contributed by atoms with E-state index in [1.54, 1.807) is 6.92 Å². The molecule has 0 bridgehead atoms. The number of fused-ring (bicyclic) bond motifs is 1. The van der Waals surface area contributed by atoms with E-state index < -0.39 is 6.10 Å². The Labute approximate surface area is 144 Å². The second-order valence-electron chi connectivity index (χ2n) is 5.49. The lowest BCUT2D eigenvalue weighted by atomic mass is 10.1. The fraction of sp³-hybridized carbons (Fsp3) is 0.222. The first-order valence-corrected chi connectivity index (χ1v) is 8.63. The Kier molecular flexibility index (Phi) is 4.96. The number of rotatable bonds is 6. The molecule has 3 aromatic rings. The second kappa shape index (κ2) is 7.31. The number of carbonyl (C=O) groups is 1. The maximum absolute atomic E-state index is 12.1. The van der Waals surface area contributed by atoms with Crippen LogP contribution in [-0.2, 0) is 11.2 Å². The van der Waals surface area contributed by atoms with Gasteiger partial charge in [0.25, 0.3) is 5.91 Å². The van der Waals surface area contributed by atoms with Crippen molar-refractivity contribution in [3.63, 3.8) is 0 Å². The minimum atomic E-state index is -0.563. The molecule has 3 N–H and O–H groups in total. The van der Waals surface area contributed by atoms with Crippen LogP contribution in [0.5, 0.6) is 5.75 Å². The van der Waals surface area contributed by atoms with Gasteiger partial charge in [-0.05, 0) is 29.8 Å². The Balaban J connectivity index is 1.53. The van der Waals surface area contributed by atoms with Crippen LogP contribution in [0.4, 0.5) is 5.13 Å². The van der Waals surface area contributed by atoms with Crippen LogP contribution in [0.2, 0.25) is 0 Å². The van der Waals surface area contributed by atoms with Gasteiger partial charge in [-0.25, -0.2) is 4.98 Å². The van der Waals surface area contributed by atoms with Crippen LogP contribution in [0, 0.1) is 0 Å². The van der Waals surface area contributed by atoms with Crippen LogP contribution in [0.15, 0.2) is 47.8 Å². The number of nitrogens with two attached hydrogens (primary N) is 1. The number of amides is 1. The van der Waals surface area contributed by atoms with E-state index in [-0.39, 0.29) is 5.91 Å². The Morgan fingerprint density at radius 3 is 2.83 bits per heavy atom. The van der Waals surface area contributed by atoms with E-state index >= 15 is 0 Å². The number of aromatic nitrogens is 1. The summed E-state index contributed by atoms with van der Waals surface area (Å²) in [6, 6.07) is 13.8. The van der Waals surface area contributed by atoms with E-state index in [9.17, 15) is 4.79 Å². The first kappa shape index (κ1) is 16.3. The molecule has 1 aromatic heterocycles. The molecule has 0 fully saturated rings. The van der Waals surface area contributed by atoms with E-state index in [1.807, 2.05) is 47.8 Å². The third-order valence-corrected chi connectivity index (χ3v) is 4.38. The molecule has 0 unspecified atom stereocenters. The van der Waals surface area contributed by atoms with Gasteiger partial charge in [-0.3, -0.25) is 4.79 Å². The van der Waals surface area contributed by atoms with Gasteiger partial charge in [-0.2, -0.15) is 0 Å². The van der Waals surface area contributed by atoms with Crippen molar-refractivity contribution in [2.24, 2.45) is 0 Å². The number of nitrogens with zero attached hydrogens (tertiary/aromatic N) is 1. The standard InChI is InChI=1S/C18H19N3O2S/c1-12(17(22)20-9-8-15-11-24-18(19)21-15)23-16-7-6-13-4-2-3-5-14(13)10-16/h2-7,10-12H,8-9H2,1H3,(H2,19,21)(H,20,22)/t12-/m1/s1. The first-order valence-electron chi connectivity index (χ1n) is 7.75. The Morgan fingerprint density at radius 1 is 1.29 bits per heavy atom. The van der Waals surface area contributed by atoms with Crippen LogP contribution in [-0.4, -0.2) is 23.5 Å². The lowest BCUT2D eigenvalue weighted by Crippen LogP contribution is -2.37. The number of hydrogen-bond donors (Lipinski definition) is 2. The van der Waals surface area contributed by atoms with E-state index in [0.29, 0.717) is 23.8 Å². The quantitative estimate of drug-likeness (QED) is 0.722. The number of anilines is 1. The van der Waals surface area contributed by atoms with Gasteiger partial charge >= 0.3 is 0 Å². The first-order chi connectivity index (χ1) is 11.6. The SMILES string of the molecule is C[C@@H](Oc1ccc2ccccc2c1)C(=O)NCCc1csc(N)n1. The van der Waals surface area contributed by atoms with Crippen LogP contribution in [0.1, 0.15) is 12.6 Å². The molecule has 5 nitrogen and oxygen atoms in total. The zero-order valence-corrected chi connectivity index (χ0v) is 14.2. The molecule has 0 aliphatic heterocycles. The summed E-state index contributed by atoms with van der Waals surface area (Å²) >= 11 is 1.40. The molecule has 0 saturated heterocycles. The summed E-state index contributed by atoms with van der Waals surface area (Å²) in [5, 5.41) is 7.53. The summed E-state index contributed by atoms with van der Waals surface area (Å²) in [6.45, 7) is 2.25. The highest BCUT2D eigenvalue weighted by atomic mass is 32.1. The van der Waals surface area contributed by atoms with E-state index in [1.165, 1.54) is 11.3 Å². The van der Waals surface area contributed by atoms with Gasteiger partial charge in [0.15, 0.2) is 11.2 Å². The maximum atomic E-state index is 12.1. The summed E-state index contributed by atoms with van der Waals surface area (Å²) in [5.74, 6) is 0.537. The molecule has 2 aromatic carbocycles. The number of hydrogen-bond acceptors (Lipinski definition) is 5. The Hall–Kier alpha value is -2.60. The fourth-order valence-electron chi connectivity index (χ4n) is 2.39. The van der Waals surface area contributed by atoms with Gasteiger partial charge in [0.2, 0.25) is 0 Å². The monoisotopic (exact) mass is 341 g/mol. The van der Waals surface area contributed by atoms with Gasteiger partial charge < -0.3 is 15.8 Å². The third-order valence-electron chi connectivity index (χ3n) is 3.65. The number of carbonyl (C=O) groups excluding carboxylic acids is 1. The molecule has 0 saturated carbocycles. The second-order valence-corrected chi connectivity index (χ2v) is 6.38. The zero-order chi connectivity index (χ0) is 16.9. The average Bonchev–Trinajstić information content (AvgIpc) is 3.00. The molecule has 1 amide bonds. The lowest BCUT2D eigenvalue weighted by Gasteiger charge is -2.15. The Bertz CT molecular complexity index is 847. The van der Waals surface area contributed by atoms with Gasteiger partial charge in [0, 0.05) is 18.3 Å². The van der Waals surface area contributed by atoms with Crippen molar-refractivity contribution in [2.75, 3.05) is 12.3 Å². The molecule has 3 rings (SSSR count). The molecule has 124 valence electrons. The summed E-state index contributed by atoms with van der Waals surface area (Å²) in [4.78, 5) is 16.3. The van der Waals surface area contributed by atoms with Crippen molar-refractivity contribution in [2.45, 2.75) is 19.4 Å². The third kappa shape index (κ3) is 4.02. The molecular formula is C18H19N3O2S. The van der Waals surface area contributed by atoms with Gasteiger partial charge in [-0.1, -0.05) is 30.3 Å². The zero-order valence-electron chi connectivity index (χ0n) is 13.4.